The lowest BCUT2D eigenvalue weighted by molar-refractivity contribution is 0.0980. The summed E-state index contributed by atoms with van der Waals surface area (Å²) in [4.78, 5) is 20.8. The minimum absolute atomic E-state index is 0. The molecule has 28 heavy (non-hydrogen) atoms. The third-order valence-corrected chi connectivity index (χ3v) is 5.22. The van der Waals surface area contributed by atoms with E-state index in [-0.39, 0.29) is 23.8 Å². The standard InChI is InChI=1S/C18H21F2N5OS.ClH/c1-11-8-14(22-24(11)4)17(26)25(7-5-6-23(2)3)18-21-16-13(20)9-12(19)10-15(16)27-18;/h8-10H,5-7H2,1-4H3;1H. The monoisotopic (exact) mass is 429 g/mol. The molecule has 3 rings (SSSR count). The topological polar surface area (TPSA) is 54.3 Å². The Morgan fingerprint density at radius 3 is 2.54 bits per heavy atom. The van der Waals surface area contributed by atoms with Crippen LogP contribution in [0.5, 0.6) is 0 Å². The molecule has 0 N–H and O–H groups in total. The van der Waals surface area contributed by atoms with E-state index in [1.54, 1.807) is 17.8 Å². The fourth-order valence-electron chi connectivity index (χ4n) is 2.69. The number of fused-ring (bicyclic) bond motifs is 1. The number of rotatable bonds is 6. The molecule has 0 saturated heterocycles. The van der Waals surface area contributed by atoms with Crippen molar-refractivity contribution in [3.05, 3.63) is 41.2 Å². The second-order valence-electron chi connectivity index (χ2n) is 6.64. The highest BCUT2D eigenvalue weighted by atomic mass is 35.5. The van der Waals surface area contributed by atoms with Gasteiger partial charge in [0.25, 0.3) is 5.91 Å². The Morgan fingerprint density at radius 2 is 1.93 bits per heavy atom. The van der Waals surface area contributed by atoms with Crippen molar-refractivity contribution in [2.75, 3.05) is 32.1 Å². The van der Waals surface area contributed by atoms with Gasteiger partial charge >= 0.3 is 0 Å². The average Bonchev–Trinajstić information content (AvgIpc) is 3.14. The lowest BCUT2D eigenvalue weighted by Crippen LogP contribution is -2.33. The fraction of sp³-hybridized carbons (Fsp3) is 0.389. The average molecular weight is 430 g/mol. The van der Waals surface area contributed by atoms with Gasteiger partial charge in [0.05, 0.1) is 4.70 Å². The SMILES string of the molecule is Cc1cc(C(=O)N(CCCN(C)C)c2nc3c(F)cc(F)cc3s2)nn1C.Cl. The highest BCUT2D eigenvalue weighted by Crippen LogP contribution is 2.32. The van der Waals surface area contributed by atoms with Crippen LogP contribution < -0.4 is 4.90 Å². The first-order chi connectivity index (χ1) is 12.8. The number of anilines is 1. The van der Waals surface area contributed by atoms with E-state index in [1.807, 2.05) is 25.9 Å². The fourth-order valence-corrected chi connectivity index (χ4v) is 3.72. The van der Waals surface area contributed by atoms with Gasteiger partial charge in [-0.15, -0.1) is 12.4 Å². The first-order valence-corrected chi connectivity index (χ1v) is 9.30. The summed E-state index contributed by atoms with van der Waals surface area (Å²) >= 11 is 1.09. The summed E-state index contributed by atoms with van der Waals surface area (Å²) in [6, 6.07) is 3.73. The second-order valence-corrected chi connectivity index (χ2v) is 7.65. The maximum Gasteiger partial charge on any atom is 0.280 e. The molecule has 10 heteroatoms. The van der Waals surface area contributed by atoms with Gasteiger partial charge in [0, 0.05) is 25.4 Å². The molecule has 0 fully saturated rings. The maximum absolute atomic E-state index is 14.0. The smallest absolute Gasteiger partial charge is 0.280 e. The molecule has 0 spiro atoms. The molecule has 3 aromatic rings. The molecular formula is C18H22ClF2N5OS. The van der Waals surface area contributed by atoms with E-state index in [4.69, 9.17) is 0 Å². The molecule has 0 unspecified atom stereocenters. The minimum atomic E-state index is -0.734. The van der Waals surface area contributed by atoms with Crippen LogP contribution in [0.1, 0.15) is 22.6 Å². The van der Waals surface area contributed by atoms with E-state index in [9.17, 15) is 13.6 Å². The molecule has 2 heterocycles. The maximum atomic E-state index is 14.0. The number of carbonyl (C=O) groups excluding carboxylic acids is 1. The number of carbonyl (C=O) groups is 1. The first-order valence-electron chi connectivity index (χ1n) is 8.49. The number of hydrogen-bond acceptors (Lipinski definition) is 5. The normalized spacial score (nSPS) is 11.1. The second kappa shape index (κ2) is 8.93. The van der Waals surface area contributed by atoms with Crippen LogP contribution in [0, 0.1) is 18.6 Å². The zero-order valence-corrected chi connectivity index (χ0v) is 17.7. The van der Waals surface area contributed by atoms with Crippen molar-refractivity contribution >= 4 is 45.0 Å². The Morgan fingerprint density at radius 1 is 1.21 bits per heavy atom. The van der Waals surface area contributed by atoms with Gasteiger partial charge in [-0.05, 0) is 46.1 Å². The molecule has 6 nitrogen and oxygen atoms in total. The van der Waals surface area contributed by atoms with Crippen molar-refractivity contribution < 1.29 is 13.6 Å². The van der Waals surface area contributed by atoms with Crippen molar-refractivity contribution in [1.82, 2.24) is 19.7 Å². The molecule has 1 amide bonds. The molecule has 0 atom stereocenters. The number of thiazole rings is 1. The minimum Gasteiger partial charge on any atom is -0.309 e. The lowest BCUT2D eigenvalue weighted by atomic mass is 10.3. The summed E-state index contributed by atoms with van der Waals surface area (Å²) < 4.78 is 29.5. The Labute approximate surface area is 172 Å². The van der Waals surface area contributed by atoms with Crippen LogP contribution in [0.2, 0.25) is 0 Å². The van der Waals surface area contributed by atoms with Crippen molar-refractivity contribution in [1.29, 1.82) is 0 Å². The molecule has 2 aromatic heterocycles. The Kier molecular flexibility index (Phi) is 7.08. The van der Waals surface area contributed by atoms with Crippen LogP contribution in [0.4, 0.5) is 13.9 Å². The summed E-state index contributed by atoms with van der Waals surface area (Å²) in [5, 5.41) is 4.58. The first kappa shape index (κ1) is 22.2. The van der Waals surface area contributed by atoms with Gasteiger partial charge in [-0.2, -0.15) is 5.10 Å². The predicted octanol–water partition coefficient (Wildman–Crippen LogP) is 3.64. The van der Waals surface area contributed by atoms with E-state index >= 15 is 0 Å². The van der Waals surface area contributed by atoms with Crippen LogP contribution in [-0.2, 0) is 7.05 Å². The molecule has 0 radical (unpaired) electrons. The molecule has 0 bridgehead atoms. The van der Waals surface area contributed by atoms with Crippen LogP contribution in [0.25, 0.3) is 10.2 Å². The summed E-state index contributed by atoms with van der Waals surface area (Å²) in [5.41, 5.74) is 1.22. The van der Waals surface area contributed by atoms with Gasteiger partial charge in [-0.3, -0.25) is 14.4 Å². The van der Waals surface area contributed by atoms with Gasteiger partial charge in [0.2, 0.25) is 0 Å². The van der Waals surface area contributed by atoms with Gasteiger partial charge in [-0.25, -0.2) is 13.8 Å². The number of hydrogen-bond donors (Lipinski definition) is 0. The van der Waals surface area contributed by atoms with E-state index in [0.717, 1.165) is 29.6 Å². The van der Waals surface area contributed by atoms with Crippen LogP contribution in [-0.4, -0.2) is 52.8 Å². The van der Waals surface area contributed by atoms with Crippen molar-refractivity contribution in [2.24, 2.45) is 7.05 Å². The number of nitrogens with zero attached hydrogens (tertiary/aromatic N) is 5. The van der Waals surface area contributed by atoms with Gasteiger partial charge < -0.3 is 4.90 Å². The van der Waals surface area contributed by atoms with E-state index in [0.29, 0.717) is 28.5 Å². The van der Waals surface area contributed by atoms with Gasteiger partial charge in [0.15, 0.2) is 16.6 Å². The summed E-state index contributed by atoms with van der Waals surface area (Å²) in [6.07, 6.45) is 0.706. The van der Waals surface area contributed by atoms with E-state index in [2.05, 4.69) is 10.1 Å². The van der Waals surface area contributed by atoms with Gasteiger partial charge in [-0.1, -0.05) is 11.3 Å². The number of aromatic nitrogens is 3. The van der Waals surface area contributed by atoms with Crippen molar-refractivity contribution in [3.8, 4) is 0 Å². The number of amides is 1. The highest BCUT2D eigenvalue weighted by Gasteiger charge is 2.24. The Balaban J connectivity index is 0.00000280. The lowest BCUT2D eigenvalue weighted by Gasteiger charge is -2.20. The van der Waals surface area contributed by atoms with E-state index < -0.39 is 11.6 Å². The molecule has 152 valence electrons. The summed E-state index contributed by atoms with van der Waals surface area (Å²) in [6.45, 7) is 3.03. The largest absolute Gasteiger partial charge is 0.309 e. The third-order valence-electron chi connectivity index (χ3n) is 4.20. The molecule has 0 aliphatic heterocycles. The molecule has 0 saturated carbocycles. The van der Waals surface area contributed by atoms with E-state index in [1.165, 1.54) is 11.0 Å². The zero-order valence-electron chi connectivity index (χ0n) is 16.1. The zero-order chi connectivity index (χ0) is 19.7. The van der Waals surface area contributed by atoms with Gasteiger partial charge in [0.1, 0.15) is 11.3 Å². The Hall–Kier alpha value is -2.10. The number of halogens is 3. The van der Waals surface area contributed by atoms with Crippen LogP contribution >= 0.6 is 23.7 Å². The quantitative estimate of drug-likeness (QED) is 0.600. The highest BCUT2D eigenvalue weighted by molar-refractivity contribution is 7.22. The molecule has 0 aliphatic rings. The Bertz CT molecular complexity index is 968. The molecule has 1 aromatic carbocycles. The molecule has 0 aliphatic carbocycles. The third kappa shape index (κ3) is 4.65. The molecular weight excluding hydrogens is 408 g/mol. The van der Waals surface area contributed by atoms with Crippen LogP contribution in [0.3, 0.4) is 0 Å². The summed E-state index contributed by atoms with van der Waals surface area (Å²) in [7, 11) is 5.66. The van der Waals surface area contributed by atoms with Crippen molar-refractivity contribution in [3.63, 3.8) is 0 Å². The number of aryl methyl sites for hydroxylation is 2. The predicted molar refractivity (Wildman–Crippen MR) is 110 cm³/mol. The summed E-state index contributed by atoms with van der Waals surface area (Å²) in [5.74, 6) is -1.71. The van der Waals surface area contributed by atoms with Crippen molar-refractivity contribution in [2.45, 2.75) is 13.3 Å². The number of benzene rings is 1. The van der Waals surface area contributed by atoms with Crippen LogP contribution in [0.15, 0.2) is 18.2 Å².